The van der Waals surface area contributed by atoms with Crippen LogP contribution < -0.4 is 0 Å². The largest absolute Gasteiger partial charge is 0.382 e. The molecule has 2 unspecified atom stereocenters. The molecule has 1 fully saturated rings. The van der Waals surface area contributed by atoms with E-state index in [9.17, 15) is 13.5 Å². The van der Waals surface area contributed by atoms with Crippen LogP contribution in [0.1, 0.15) is 31.9 Å². The minimum Gasteiger partial charge on any atom is -0.382 e. The first-order valence-corrected chi connectivity index (χ1v) is 7.78. The molecule has 1 heterocycles. The molecule has 6 heteroatoms. The van der Waals surface area contributed by atoms with Gasteiger partial charge < -0.3 is 5.11 Å². The fourth-order valence-corrected chi connectivity index (χ4v) is 4.31. The Morgan fingerprint density at radius 2 is 2.35 bits per heavy atom. The van der Waals surface area contributed by atoms with E-state index in [-0.39, 0.29) is 0 Å². The molecular weight excluding hydrogens is 240 g/mol. The average Bonchev–Trinajstić information content (AvgIpc) is 2.82. The second kappa shape index (κ2) is 4.10. The van der Waals surface area contributed by atoms with Gasteiger partial charge in [-0.3, -0.25) is 4.68 Å². The molecule has 2 rings (SSSR count). The van der Waals surface area contributed by atoms with Crippen LogP contribution in [-0.4, -0.2) is 34.8 Å². The van der Waals surface area contributed by atoms with Gasteiger partial charge in [-0.1, -0.05) is 0 Å². The number of aryl methyl sites for hydroxylation is 1. The Balaban J connectivity index is 2.48. The molecule has 1 aliphatic carbocycles. The molecule has 0 spiro atoms. The monoisotopic (exact) mass is 258 g/mol. The summed E-state index contributed by atoms with van der Waals surface area (Å²) in [7, 11) is -3.25. The van der Waals surface area contributed by atoms with Crippen LogP contribution in [0.4, 0.5) is 0 Å². The Morgan fingerprint density at radius 3 is 2.94 bits per heavy atom. The molecule has 0 aromatic carbocycles. The molecule has 1 aromatic heterocycles. The van der Waals surface area contributed by atoms with Crippen LogP contribution in [0.2, 0.25) is 0 Å². The molecular formula is C11H18N2O3S. The molecule has 1 saturated carbocycles. The van der Waals surface area contributed by atoms with E-state index in [2.05, 4.69) is 5.10 Å². The van der Waals surface area contributed by atoms with Crippen LogP contribution >= 0.6 is 0 Å². The van der Waals surface area contributed by atoms with Gasteiger partial charge in [0.2, 0.25) is 0 Å². The SMILES string of the molecule is CCn1nccc1C1(O)CCCC1S(C)(=O)=O. The molecule has 0 bridgehead atoms. The number of hydrogen-bond acceptors (Lipinski definition) is 4. The Labute approximate surface area is 101 Å². The Hall–Kier alpha value is -0.880. The molecule has 2 atom stereocenters. The van der Waals surface area contributed by atoms with Crippen LogP contribution in [0.3, 0.4) is 0 Å². The van der Waals surface area contributed by atoms with Gasteiger partial charge in [-0.25, -0.2) is 8.42 Å². The van der Waals surface area contributed by atoms with Gasteiger partial charge in [0.15, 0.2) is 9.84 Å². The first kappa shape index (κ1) is 12.6. The van der Waals surface area contributed by atoms with Crippen LogP contribution in [0.25, 0.3) is 0 Å². The van der Waals surface area contributed by atoms with Gasteiger partial charge in [0.25, 0.3) is 0 Å². The standard InChI is InChI=1S/C11H18N2O3S/c1-3-13-9(6-8-12-13)11(14)7-4-5-10(11)17(2,15)16/h6,8,10,14H,3-5,7H2,1-2H3. The highest BCUT2D eigenvalue weighted by molar-refractivity contribution is 7.91. The number of aromatic nitrogens is 2. The van der Waals surface area contributed by atoms with Gasteiger partial charge in [0.05, 0.1) is 10.9 Å². The summed E-state index contributed by atoms with van der Waals surface area (Å²) in [5.74, 6) is 0. The molecule has 1 aromatic rings. The second-order valence-corrected chi connectivity index (χ2v) is 6.89. The van der Waals surface area contributed by atoms with Crippen LogP contribution in [0.5, 0.6) is 0 Å². The van der Waals surface area contributed by atoms with Gasteiger partial charge in [-0.2, -0.15) is 5.10 Å². The predicted molar refractivity (Wildman–Crippen MR) is 64.3 cm³/mol. The number of nitrogens with zero attached hydrogens (tertiary/aromatic N) is 2. The van der Waals surface area contributed by atoms with Crippen molar-refractivity contribution >= 4 is 9.84 Å². The lowest BCUT2D eigenvalue weighted by Gasteiger charge is -2.29. The normalized spacial score (nSPS) is 29.7. The maximum absolute atomic E-state index is 11.8. The highest BCUT2D eigenvalue weighted by Crippen LogP contribution is 2.42. The summed E-state index contributed by atoms with van der Waals surface area (Å²) in [6.45, 7) is 2.55. The van der Waals surface area contributed by atoms with Crippen LogP contribution in [0, 0.1) is 0 Å². The fourth-order valence-electron chi connectivity index (χ4n) is 2.77. The number of aliphatic hydroxyl groups is 1. The molecule has 0 amide bonds. The second-order valence-electron chi connectivity index (χ2n) is 4.67. The van der Waals surface area contributed by atoms with Gasteiger partial charge >= 0.3 is 0 Å². The maximum Gasteiger partial charge on any atom is 0.153 e. The first-order valence-electron chi connectivity index (χ1n) is 5.83. The predicted octanol–water partition coefficient (Wildman–Crippen LogP) is 0.688. The molecule has 5 nitrogen and oxygen atoms in total. The average molecular weight is 258 g/mol. The van der Waals surface area contributed by atoms with E-state index in [0.29, 0.717) is 25.1 Å². The van der Waals surface area contributed by atoms with E-state index in [1.165, 1.54) is 6.26 Å². The van der Waals surface area contributed by atoms with Crippen molar-refractivity contribution in [3.8, 4) is 0 Å². The summed E-state index contributed by atoms with van der Waals surface area (Å²) < 4.78 is 25.2. The van der Waals surface area contributed by atoms with E-state index in [1.807, 2.05) is 6.92 Å². The first-order chi connectivity index (χ1) is 7.89. The molecule has 0 radical (unpaired) electrons. The Kier molecular flexibility index (Phi) is 3.03. The van der Waals surface area contributed by atoms with Crippen molar-refractivity contribution in [2.45, 2.75) is 43.6 Å². The molecule has 0 saturated heterocycles. The third-order valence-corrected chi connectivity index (χ3v) is 5.19. The molecule has 1 aliphatic rings. The maximum atomic E-state index is 11.8. The summed E-state index contributed by atoms with van der Waals surface area (Å²) >= 11 is 0. The summed E-state index contributed by atoms with van der Waals surface area (Å²) in [5, 5.41) is 14.1. The van der Waals surface area contributed by atoms with E-state index < -0.39 is 20.7 Å². The van der Waals surface area contributed by atoms with E-state index in [4.69, 9.17) is 0 Å². The zero-order valence-corrected chi connectivity index (χ0v) is 10.9. The Bertz CT molecular complexity index is 509. The van der Waals surface area contributed by atoms with Gasteiger partial charge in [-0.05, 0) is 32.3 Å². The lowest BCUT2D eigenvalue weighted by Crippen LogP contribution is -2.41. The minimum atomic E-state index is -3.25. The summed E-state index contributed by atoms with van der Waals surface area (Å²) in [4.78, 5) is 0. The van der Waals surface area contributed by atoms with E-state index in [0.717, 1.165) is 6.42 Å². The van der Waals surface area contributed by atoms with Crippen molar-refractivity contribution in [1.82, 2.24) is 9.78 Å². The van der Waals surface area contributed by atoms with E-state index >= 15 is 0 Å². The van der Waals surface area contributed by atoms with Crippen LogP contribution in [0.15, 0.2) is 12.3 Å². The zero-order chi connectivity index (χ0) is 12.7. The fraction of sp³-hybridized carbons (Fsp3) is 0.727. The number of rotatable bonds is 3. The molecule has 0 aliphatic heterocycles. The third-order valence-electron chi connectivity index (χ3n) is 3.53. The van der Waals surface area contributed by atoms with Crippen molar-refractivity contribution in [1.29, 1.82) is 0 Å². The summed E-state index contributed by atoms with van der Waals surface area (Å²) in [5.41, 5.74) is -0.659. The van der Waals surface area contributed by atoms with Gasteiger partial charge in [0, 0.05) is 19.0 Å². The minimum absolute atomic E-state index is 0.483. The topological polar surface area (TPSA) is 72.2 Å². The van der Waals surface area contributed by atoms with E-state index in [1.54, 1.807) is 16.9 Å². The summed E-state index contributed by atoms with van der Waals surface area (Å²) in [6.07, 6.45) is 4.53. The quantitative estimate of drug-likeness (QED) is 0.865. The third kappa shape index (κ3) is 1.99. The Morgan fingerprint density at radius 1 is 1.65 bits per heavy atom. The summed E-state index contributed by atoms with van der Waals surface area (Å²) in [6, 6.07) is 1.72. The van der Waals surface area contributed by atoms with Crippen molar-refractivity contribution in [3.63, 3.8) is 0 Å². The lowest BCUT2D eigenvalue weighted by atomic mass is 9.97. The number of sulfone groups is 1. The zero-order valence-electron chi connectivity index (χ0n) is 10.1. The van der Waals surface area contributed by atoms with Crippen molar-refractivity contribution in [3.05, 3.63) is 18.0 Å². The molecule has 96 valence electrons. The van der Waals surface area contributed by atoms with Gasteiger partial charge in [0.1, 0.15) is 5.60 Å². The molecule has 17 heavy (non-hydrogen) atoms. The van der Waals surface area contributed by atoms with Crippen molar-refractivity contribution in [2.24, 2.45) is 0 Å². The highest BCUT2D eigenvalue weighted by Gasteiger charge is 2.49. The van der Waals surface area contributed by atoms with Gasteiger partial charge in [-0.15, -0.1) is 0 Å². The highest BCUT2D eigenvalue weighted by atomic mass is 32.2. The van der Waals surface area contributed by atoms with Crippen molar-refractivity contribution in [2.75, 3.05) is 6.26 Å². The van der Waals surface area contributed by atoms with Crippen LogP contribution in [-0.2, 0) is 22.0 Å². The number of hydrogen-bond donors (Lipinski definition) is 1. The smallest absolute Gasteiger partial charge is 0.153 e. The molecule has 1 N–H and O–H groups in total. The lowest BCUT2D eigenvalue weighted by molar-refractivity contribution is 0.0383. The van der Waals surface area contributed by atoms with Crippen molar-refractivity contribution < 1.29 is 13.5 Å².